The SMILES string of the molecule is CCCC[P+](CCCC)(CCCC)CCCC.[Cl-].c1nn[nH]n1. The number of halogens is 1. The summed E-state index contributed by atoms with van der Waals surface area (Å²) in [6.45, 7) is 9.42. The highest BCUT2D eigenvalue weighted by molar-refractivity contribution is 7.75. The van der Waals surface area contributed by atoms with Crippen molar-refractivity contribution in [3.63, 3.8) is 0 Å². The number of rotatable bonds is 12. The molecule has 0 aliphatic heterocycles. The minimum absolute atomic E-state index is 0. The standard InChI is InChI=1S/C16H36P.CH2N4.ClH/c1-5-9-13-17(14-10-6-2,15-11-7-3)16-12-8-4;1-2-4-5-3-1;/h5-16H2,1-4H3;1H,(H,2,3,4,5);1H/q+1;;/p-1. The van der Waals surface area contributed by atoms with Crippen LogP contribution < -0.4 is 12.4 Å². The molecule has 0 unspecified atom stereocenters. The van der Waals surface area contributed by atoms with Crippen LogP contribution in [-0.4, -0.2) is 45.3 Å². The van der Waals surface area contributed by atoms with E-state index in [4.69, 9.17) is 0 Å². The lowest BCUT2D eigenvalue weighted by Gasteiger charge is -2.28. The summed E-state index contributed by atoms with van der Waals surface area (Å²) in [5.41, 5.74) is 0. The van der Waals surface area contributed by atoms with Crippen molar-refractivity contribution in [2.24, 2.45) is 0 Å². The van der Waals surface area contributed by atoms with Gasteiger partial charge in [0.15, 0.2) is 6.33 Å². The first kappa shape index (κ1) is 25.0. The average molecular weight is 365 g/mol. The molecular weight excluding hydrogens is 327 g/mol. The number of aromatic nitrogens is 4. The van der Waals surface area contributed by atoms with Gasteiger partial charge in [0.25, 0.3) is 0 Å². The van der Waals surface area contributed by atoms with Crippen molar-refractivity contribution in [1.82, 2.24) is 20.6 Å². The molecule has 138 valence electrons. The molecule has 0 bridgehead atoms. The van der Waals surface area contributed by atoms with Crippen molar-refractivity contribution < 1.29 is 12.4 Å². The van der Waals surface area contributed by atoms with Gasteiger partial charge in [0.2, 0.25) is 0 Å². The van der Waals surface area contributed by atoms with Gasteiger partial charge in [-0.25, -0.2) is 0 Å². The summed E-state index contributed by atoms with van der Waals surface area (Å²) in [5.74, 6) is 0. The zero-order valence-corrected chi connectivity index (χ0v) is 17.4. The Hall–Kier alpha value is -0.210. The first-order valence-corrected chi connectivity index (χ1v) is 11.8. The predicted molar refractivity (Wildman–Crippen MR) is 100 cm³/mol. The Morgan fingerprint density at radius 3 is 1.30 bits per heavy atom. The molecule has 0 amide bonds. The Kier molecular flexibility index (Phi) is 19.7. The van der Waals surface area contributed by atoms with Gasteiger partial charge in [-0.3, -0.25) is 0 Å². The molecule has 0 spiro atoms. The van der Waals surface area contributed by atoms with Crippen LogP contribution in [0.5, 0.6) is 0 Å². The molecule has 0 saturated heterocycles. The summed E-state index contributed by atoms with van der Waals surface area (Å²) in [7, 11) is -0.562. The lowest BCUT2D eigenvalue weighted by atomic mass is 10.4. The van der Waals surface area contributed by atoms with Gasteiger partial charge >= 0.3 is 0 Å². The fourth-order valence-corrected chi connectivity index (χ4v) is 8.06. The molecule has 4 nitrogen and oxygen atoms in total. The molecule has 1 rings (SSSR count). The monoisotopic (exact) mass is 364 g/mol. The highest BCUT2D eigenvalue weighted by Crippen LogP contribution is 2.61. The predicted octanol–water partition coefficient (Wildman–Crippen LogP) is 2.41. The number of tetrazole rings is 1. The number of unbranched alkanes of at least 4 members (excludes halogenated alkanes) is 4. The molecule has 0 fully saturated rings. The Labute approximate surface area is 150 Å². The van der Waals surface area contributed by atoms with E-state index in [0.717, 1.165) is 0 Å². The van der Waals surface area contributed by atoms with E-state index in [1.807, 2.05) is 0 Å². The Bertz CT molecular complexity index is 255. The number of H-pyrrole nitrogens is 1. The third-order valence-corrected chi connectivity index (χ3v) is 9.27. The van der Waals surface area contributed by atoms with Gasteiger partial charge in [0.05, 0.1) is 24.6 Å². The van der Waals surface area contributed by atoms with Crippen molar-refractivity contribution in [2.45, 2.75) is 79.1 Å². The smallest absolute Gasteiger partial charge is 0.161 e. The highest BCUT2D eigenvalue weighted by atomic mass is 35.5. The van der Waals surface area contributed by atoms with Crippen molar-refractivity contribution in [3.8, 4) is 0 Å². The van der Waals surface area contributed by atoms with Gasteiger partial charge in [-0.05, 0) is 25.7 Å². The third-order valence-electron chi connectivity index (χ3n) is 4.21. The summed E-state index contributed by atoms with van der Waals surface area (Å²) in [5, 5.41) is 12.2. The lowest BCUT2D eigenvalue weighted by Crippen LogP contribution is -3.00. The van der Waals surface area contributed by atoms with Gasteiger partial charge in [-0.2, -0.15) is 5.21 Å². The summed E-state index contributed by atoms with van der Waals surface area (Å²) < 4.78 is 0. The van der Waals surface area contributed by atoms with Crippen LogP contribution in [0.4, 0.5) is 0 Å². The second kappa shape index (κ2) is 18.1. The molecule has 0 saturated carbocycles. The normalized spacial score (nSPS) is 10.6. The molecule has 1 aromatic rings. The van der Waals surface area contributed by atoms with Crippen LogP contribution in [0, 0.1) is 0 Å². The third kappa shape index (κ3) is 13.9. The fourth-order valence-electron chi connectivity index (χ4n) is 2.77. The number of nitrogens with one attached hydrogen (secondary N) is 1. The van der Waals surface area contributed by atoms with E-state index in [2.05, 4.69) is 48.3 Å². The maximum absolute atomic E-state index is 3.38. The average Bonchev–Trinajstić information content (AvgIpc) is 3.13. The molecule has 23 heavy (non-hydrogen) atoms. The Morgan fingerprint density at radius 2 is 1.13 bits per heavy atom. The fraction of sp³-hybridized carbons (Fsp3) is 0.941. The first-order valence-electron chi connectivity index (χ1n) is 9.26. The molecule has 0 atom stereocenters. The van der Waals surface area contributed by atoms with Crippen molar-refractivity contribution in [1.29, 1.82) is 0 Å². The topological polar surface area (TPSA) is 54.5 Å². The molecule has 1 N–H and O–H groups in total. The Morgan fingerprint density at radius 1 is 0.739 bits per heavy atom. The number of hydrogen-bond acceptors (Lipinski definition) is 3. The minimum Gasteiger partial charge on any atom is -1.00 e. The first-order chi connectivity index (χ1) is 10.7. The molecular formula is C17H38ClN4P. The van der Waals surface area contributed by atoms with E-state index < -0.39 is 7.26 Å². The highest BCUT2D eigenvalue weighted by Gasteiger charge is 2.34. The van der Waals surface area contributed by atoms with Gasteiger partial charge in [-0.15, -0.1) is 10.2 Å². The lowest BCUT2D eigenvalue weighted by molar-refractivity contribution is -0.00000527. The zero-order chi connectivity index (χ0) is 16.5. The molecule has 1 heterocycles. The maximum Gasteiger partial charge on any atom is 0.161 e. The van der Waals surface area contributed by atoms with Crippen LogP contribution in [0.3, 0.4) is 0 Å². The number of nitrogens with zero attached hydrogens (tertiary/aromatic N) is 3. The van der Waals surface area contributed by atoms with Crippen molar-refractivity contribution in [3.05, 3.63) is 6.33 Å². The second-order valence-electron chi connectivity index (χ2n) is 6.21. The number of hydrogen-bond donors (Lipinski definition) is 1. The van der Waals surface area contributed by atoms with E-state index in [-0.39, 0.29) is 12.4 Å². The summed E-state index contributed by atoms with van der Waals surface area (Å²) >= 11 is 0. The van der Waals surface area contributed by atoms with Crippen molar-refractivity contribution in [2.75, 3.05) is 24.6 Å². The summed E-state index contributed by atoms with van der Waals surface area (Å²) in [6, 6.07) is 0. The van der Waals surface area contributed by atoms with Crippen LogP contribution in [0.1, 0.15) is 79.1 Å². The van der Waals surface area contributed by atoms with E-state index >= 15 is 0 Å². The van der Waals surface area contributed by atoms with Crippen molar-refractivity contribution >= 4 is 7.26 Å². The van der Waals surface area contributed by atoms with Crippen LogP contribution in [0.2, 0.25) is 0 Å². The van der Waals surface area contributed by atoms with E-state index in [1.54, 1.807) is 24.6 Å². The molecule has 6 heteroatoms. The van der Waals surface area contributed by atoms with Gasteiger partial charge < -0.3 is 12.4 Å². The maximum atomic E-state index is 3.38. The van der Waals surface area contributed by atoms with Gasteiger partial charge in [-0.1, -0.05) is 58.6 Å². The van der Waals surface area contributed by atoms with E-state index in [0.29, 0.717) is 0 Å². The second-order valence-corrected chi connectivity index (χ2v) is 10.7. The van der Waals surface area contributed by atoms with Crippen LogP contribution in [0.15, 0.2) is 6.33 Å². The molecule has 1 aromatic heterocycles. The largest absolute Gasteiger partial charge is 1.00 e. The molecule has 0 aliphatic carbocycles. The summed E-state index contributed by atoms with van der Waals surface area (Å²) in [4.78, 5) is 0. The summed E-state index contributed by atoms with van der Waals surface area (Å²) in [6.07, 6.45) is 19.3. The minimum atomic E-state index is -0.562. The zero-order valence-electron chi connectivity index (χ0n) is 15.7. The van der Waals surface area contributed by atoms with Gasteiger partial charge in [0, 0.05) is 7.26 Å². The Balaban J connectivity index is 0. The molecule has 0 aromatic carbocycles. The quantitative estimate of drug-likeness (QED) is 0.579. The van der Waals surface area contributed by atoms with Crippen LogP contribution in [-0.2, 0) is 0 Å². The van der Waals surface area contributed by atoms with Crippen LogP contribution >= 0.6 is 7.26 Å². The van der Waals surface area contributed by atoms with E-state index in [9.17, 15) is 0 Å². The number of aromatic amines is 1. The molecule has 0 radical (unpaired) electrons. The molecule has 0 aliphatic rings. The van der Waals surface area contributed by atoms with Crippen LogP contribution in [0.25, 0.3) is 0 Å². The van der Waals surface area contributed by atoms with E-state index in [1.165, 1.54) is 57.7 Å². The van der Waals surface area contributed by atoms with Gasteiger partial charge in [0.1, 0.15) is 0 Å².